The first-order chi connectivity index (χ1) is 19.0. The van der Waals surface area contributed by atoms with Gasteiger partial charge in [-0.2, -0.15) is 13.2 Å². The predicted molar refractivity (Wildman–Crippen MR) is 144 cm³/mol. The molecule has 0 bridgehead atoms. The van der Waals surface area contributed by atoms with E-state index in [4.69, 9.17) is 0 Å². The van der Waals surface area contributed by atoms with E-state index < -0.39 is 17.3 Å². The van der Waals surface area contributed by atoms with Crippen molar-refractivity contribution >= 4 is 23.9 Å². The highest BCUT2D eigenvalue weighted by atomic mass is 19.4. The highest BCUT2D eigenvalue weighted by Gasteiger charge is 2.38. The van der Waals surface area contributed by atoms with Crippen molar-refractivity contribution in [1.29, 1.82) is 0 Å². The molecule has 1 saturated heterocycles. The summed E-state index contributed by atoms with van der Waals surface area (Å²) in [6, 6.07) is 18.7. The zero-order valence-corrected chi connectivity index (χ0v) is 21.9. The van der Waals surface area contributed by atoms with Crippen molar-refractivity contribution in [3.63, 3.8) is 0 Å². The van der Waals surface area contributed by atoms with Crippen LogP contribution in [0.1, 0.15) is 50.2 Å². The molecule has 4 rings (SSSR count). The molecule has 3 aromatic rings. The molecule has 1 fully saturated rings. The van der Waals surface area contributed by atoms with E-state index in [0.29, 0.717) is 19.4 Å². The van der Waals surface area contributed by atoms with Gasteiger partial charge in [-0.05, 0) is 60.7 Å². The van der Waals surface area contributed by atoms with Crippen LogP contribution in [-0.2, 0) is 23.0 Å². The first-order valence-corrected chi connectivity index (χ1v) is 12.8. The number of rotatable bonds is 8. The molecule has 40 heavy (non-hydrogen) atoms. The van der Waals surface area contributed by atoms with Crippen molar-refractivity contribution in [2.45, 2.75) is 31.0 Å². The summed E-state index contributed by atoms with van der Waals surface area (Å²) in [5.74, 6) is -0.695. The number of anilines is 1. The maximum absolute atomic E-state index is 13.2. The SMILES string of the molecule is CN(CCc1ccccc1)C(=O)c1ccc(C(=O)N2CCC(O)(c3cccc(C(F)(F)F)c3)CC2)cc1NC=O. The zero-order chi connectivity index (χ0) is 28.9. The molecule has 0 aliphatic carbocycles. The minimum Gasteiger partial charge on any atom is -0.385 e. The quantitative estimate of drug-likeness (QED) is 0.396. The summed E-state index contributed by atoms with van der Waals surface area (Å²) in [5.41, 5.74) is -0.443. The molecule has 2 N–H and O–H groups in total. The van der Waals surface area contributed by atoms with Crippen LogP contribution in [0.2, 0.25) is 0 Å². The fourth-order valence-electron chi connectivity index (χ4n) is 4.83. The van der Waals surface area contributed by atoms with Crippen LogP contribution in [0.4, 0.5) is 18.9 Å². The van der Waals surface area contributed by atoms with Gasteiger partial charge >= 0.3 is 6.18 Å². The first kappa shape index (κ1) is 28.8. The summed E-state index contributed by atoms with van der Waals surface area (Å²) in [6.07, 6.45) is -3.33. The number of carbonyl (C=O) groups is 3. The molecule has 0 spiro atoms. The van der Waals surface area contributed by atoms with E-state index in [1.165, 1.54) is 35.2 Å². The number of carbonyl (C=O) groups excluding carboxylic acids is 3. The first-order valence-electron chi connectivity index (χ1n) is 12.8. The van der Waals surface area contributed by atoms with Crippen molar-refractivity contribution in [2.75, 3.05) is 32.0 Å². The van der Waals surface area contributed by atoms with Crippen LogP contribution in [0.15, 0.2) is 72.8 Å². The van der Waals surface area contributed by atoms with Crippen LogP contribution in [0, 0.1) is 0 Å². The Balaban J connectivity index is 1.44. The molecule has 1 heterocycles. The third-order valence-corrected chi connectivity index (χ3v) is 7.24. The highest BCUT2D eigenvalue weighted by Crippen LogP contribution is 2.37. The lowest BCUT2D eigenvalue weighted by Gasteiger charge is -2.38. The highest BCUT2D eigenvalue weighted by molar-refractivity contribution is 6.04. The Bertz CT molecular complexity index is 1370. The fourth-order valence-corrected chi connectivity index (χ4v) is 4.83. The van der Waals surface area contributed by atoms with Gasteiger partial charge in [0.25, 0.3) is 11.8 Å². The van der Waals surface area contributed by atoms with E-state index in [2.05, 4.69) is 5.32 Å². The van der Waals surface area contributed by atoms with E-state index >= 15 is 0 Å². The molecule has 0 saturated carbocycles. The molecule has 3 amide bonds. The monoisotopic (exact) mass is 553 g/mol. The molecule has 3 aromatic carbocycles. The molecule has 7 nitrogen and oxygen atoms in total. The van der Waals surface area contributed by atoms with E-state index in [0.717, 1.165) is 17.7 Å². The van der Waals surface area contributed by atoms with Crippen molar-refractivity contribution in [2.24, 2.45) is 0 Å². The second-order valence-corrected chi connectivity index (χ2v) is 9.89. The summed E-state index contributed by atoms with van der Waals surface area (Å²) < 4.78 is 39.4. The maximum atomic E-state index is 13.2. The van der Waals surface area contributed by atoms with Gasteiger partial charge in [0.15, 0.2) is 0 Å². The summed E-state index contributed by atoms with van der Waals surface area (Å²) in [7, 11) is 1.66. The van der Waals surface area contributed by atoms with Crippen molar-refractivity contribution in [1.82, 2.24) is 9.80 Å². The molecule has 0 atom stereocenters. The Kier molecular flexibility index (Phi) is 8.58. The van der Waals surface area contributed by atoms with Crippen LogP contribution in [0.5, 0.6) is 0 Å². The number of likely N-dealkylation sites (N-methyl/N-ethyl adjacent to an activating group) is 1. The van der Waals surface area contributed by atoms with Gasteiger partial charge < -0.3 is 20.2 Å². The molecular formula is C30H30F3N3O4. The number of halogens is 3. The number of hydrogen-bond acceptors (Lipinski definition) is 4. The van der Waals surface area contributed by atoms with Gasteiger partial charge in [-0.1, -0.05) is 42.5 Å². The number of benzene rings is 3. The molecule has 210 valence electrons. The average Bonchev–Trinajstić information content (AvgIpc) is 2.96. The third-order valence-electron chi connectivity index (χ3n) is 7.24. The predicted octanol–water partition coefficient (Wildman–Crippen LogP) is 4.71. The van der Waals surface area contributed by atoms with Gasteiger partial charge in [-0.15, -0.1) is 0 Å². The van der Waals surface area contributed by atoms with Gasteiger partial charge in [-0.25, -0.2) is 0 Å². The zero-order valence-electron chi connectivity index (χ0n) is 21.9. The lowest BCUT2D eigenvalue weighted by Crippen LogP contribution is -2.45. The minimum absolute atomic E-state index is 0.0578. The second kappa shape index (κ2) is 11.9. The Hall–Kier alpha value is -4.18. The van der Waals surface area contributed by atoms with Crippen LogP contribution in [-0.4, -0.2) is 59.8 Å². The lowest BCUT2D eigenvalue weighted by molar-refractivity contribution is -0.137. The number of hydrogen-bond donors (Lipinski definition) is 2. The molecule has 0 radical (unpaired) electrons. The fraction of sp³-hybridized carbons (Fsp3) is 0.300. The number of likely N-dealkylation sites (tertiary alicyclic amines) is 1. The smallest absolute Gasteiger partial charge is 0.385 e. The molecule has 10 heteroatoms. The third kappa shape index (κ3) is 6.51. The Morgan fingerprint density at radius 2 is 1.73 bits per heavy atom. The number of amides is 3. The second-order valence-electron chi connectivity index (χ2n) is 9.89. The van der Waals surface area contributed by atoms with E-state index in [1.807, 2.05) is 30.3 Å². The van der Waals surface area contributed by atoms with Crippen LogP contribution in [0.25, 0.3) is 0 Å². The Morgan fingerprint density at radius 1 is 1.02 bits per heavy atom. The molecular weight excluding hydrogens is 523 g/mol. The summed E-state index contributed by atoms with van der Waals surface area (Å²) in [6.45, 7) is 0.683. The molecule has 1 aliphatic rings. The topological polar surface area (TPSA) is 90.0 Å². The number of alkyl halides is 3. The molecule has 0 unspecified atom stereocenters. The number of aliphatic hydroxyl groups is 1. The lowest BCUT2D eigenvalue weighted by atomic mass is 9.83. The number of nitrogens with one attached hydrogen (secondary N) is 1. The normalized spacial score (nSPS) is 14.9. The largest absolute Gasteiger partial charge is 0.416 e. The van der Waals surface area contributed by atoms with Gasteiger partial charge in [0.05, 0.1) is 22.4 Å². The van der Waals surface area contributed by atoms with Gasteiger partial charge in [0.2, 0.25) is 6.41 Å². The van der Waals surface area contributed by atoms with E-state index in [1.54, 1.807) is 11.9 Å². The Morgan fingerprint density at radius 3 is 2.38 bits per heavy atom. The molecule has 1 aliphatic heterocycles. The van der Waals surface area contributed by atoms with Gasteiger partial charge in [0.1, 0.15) is 0 Å². The summed E-state index contributed by atoms with van der Waals surface area (Å²) >= 11 is 0. The number of nitrogens with zero attached hydrogens (tertiary/aromatic N) is 2. The van der Waals surface area contributed by atoms with Gasteiger partial charge in [-0.3, -0.25) is 14.4 Å². The van der Waals surface area contributed by atoms with Crippen LogP contribution >= 0.6 is 0 Å². The Labute approximate surface area is 230 Å². The molecule has 0 aromatic heterocycles. The van der Waals surface area contributed by atoms with Gasteiger partial charge in [0, 0.05) is 32.2 Å². The number of piperidine rings is 1. The van der Waals surface area contributed by atoms with Crippen LogP contribution in [0.3, 0.4) is 0 Å². The van der Waals surface area contributed by atoms with Crippen molar-refractivity contribution < 1.29 is 32.7 Å². The summed E-state index contributed by atoms with van der Waals surface area (Å²) in [5, 5.41) is 13.6. The van der Waals surface area contributed by atoms with E-state index in [9.17, 15) is 32.7 Å². The van der Waals surface area contributed by atoms with Crippen molar-refractivity contribution in [3.05, 3.63) is 101 Å². The maximum Gasteiger partial charge on any atom is 0.416 e. The summed E-state index contributed by atoms with van der Waals surface area (Å²) in [4.78, 5) is 40.7. The van der Waals surface area contributed by atoms with Crippen LogP contribution < -0.4 is 5.32 Å². The minimum atomic E-state index is -4.53. The average molecular weight is 554 g/mol. The standard InChI is InChI=1S/C30H30F3N3O4/c1-35(15-12-21-6-3-2-4-7-21)28(39)25-11-10-22(18-26(25)34-20-37)27(38)36-16-13-29(40,14-17-36)23-8-5-9-24(19-23)30(31,32)33/h2-11,18-20,40H,12-17H2,1H3,(H,34,37). The van der Waals surface area contributed by atoms with Crippen molar-refractivity contribution in [3.8, 4) is 0 Å². The van der Waals surface area contributed by atoms with E-state index in [-0.39, 0.29) is 60.1 Å².